The van der Waals surface area contributed by atoms with Crippen LogP contribution in [0.4, 0.5) is 0 Å². The number of hydrogen-bond donors (Lipinski definition) is 2. The Morgan fingerprint density at radius 1 is 0.368 bits per heavy atom. The minimum Gasteiger partial charge on any atom is -0.383 e. The van der Waals surface area contributed by atoms with Crippen molar-refractivity contribution >= 4 is 0 Å². The topological polar surface area (TPSA) is 53.4 Å². The van der Waals surface area contributed by atoms with Crippen molar-refractivity contribution in [2.75, 3.05) is 0 Å². The Labute approximate surface area is 225 Å². The van der Waals surface area contributed by atoms with E-state index in [-0.39, 0.29) is 0 Å². The molecule has 4 aromatic carbocycles. The highest BCUT2D eigenvalue weighted by molar-refractivity contribution is 5.31. The zero-order valence-electron chi connectivity index (χ0n) is 21.4. The van der Waals surface area contributed by atoms with Crippen molar-refractivity contribution in [1.29, 1.82) is 0 Å². The summed E-state index contributed by atoms with van der Waals surface area (Å²) in [6, 6.07) is 45.7. The third-order valence-corrected chi connectivity index (χ3v) is 7.06. The Bertz CT molecular complexity index is 1230. The van der Waals surface area contributed by atoms with Gasteiger partial charge in [-0.25, -0.2) is 0 Å². The number of pyridine rings is 1. The van der Waals surface area contributed by atoms with Gasteiger partial charge in [0.1, 0.15) is 11.2 Å². The van der Waals surface area contributed by atoms with Crippen LogP contribution in [0.5, 0.6) is 0 Å². The first-order valence-corrected chi connectivity index (χ1v) is 13.1. The lowest BCUT2D eigenvalue weighted by atomic mass is 9.82. The van der Waals surface area contributed by atoms with Crippen LogP contribution in [0.3, 0.4) is 0 Å². The van der Waals surface area contributed by atoms with Gasteiger partial charge in [-0.1, -0.05) is 127 Å². The van der Waals surface area contributed by atoms with E-state index in [0.717, 1.165) is 22.3 Å². The van der Waals surface area contributed by atoms with Gasteiger partial charge in [0.15, 0.2) is 0 Å². The van der Waals surface area contributed by atoms with Gasteiger partial charge in [0.25, 0.3) is 0 Å². The van der Waals surface area contributed by atoms with Crippen molar-refractivity contribution in [3.05, 3.63) is 173 Å². The summed E-state index contributed by atoms with van der Waals surface area (Å²) in [4.78, 5) is 5.00. The molecule has 38 heavy (non-hydrogen) atoms. The third kappa shape index (κ3) is 6.25. The lowest BCUT2D eigenvalue weighted by Gasteiger charge is -2.32. The zero-order chi connectivity index (χ0) is 26.3. The quantitative estimate of drug-likeness (QED) is 0.233. The normalized spacial score (nSPS) is 11.8. The summed E-state index contributed by atoms with van der Waals surface area (Å²) in [5.41, 5.74) is 2.73. The summed E-state index contributed by atoms with van der Waals surface area (Å²) in [6.45, 7) is 0. The molecular weight excluding hydrogens is 466 g/mol. The molecule has 0 aliphatic carbocycles. The number of aromatic nitrogens is 1. The molecule has 0 spiro atoms. The summed E-state index contributed by atoms with van der Waals surface area (Å²) in [6.07, 6.45) is 1.65. The molecule has 0 fully saturated rings. The molecule has 0 saturated heterocycles. The third-order valence-electron chi connectivity index (χ3n) is 7.06. The first-order valence-electron chi connectivity index (χ1n) is 13.1. The van der Waals surface area contributed by atoms with Crippen LogP contribution in [-0.2, 0) is 36.9 Å². The molecule has 0 atom stereocenters. The van der Waals surface area contributed by atoms with E-state index in [2.05, 4.69) is 0 Å². The van der Waals surface area contributed by atoms with E-state index in [1.165, 1.54) is 0 Å². The Morgan fingerprint density at radius 2 is 0.632 bits per heavy atom. The molecule has 3 nitrogen and oxygen atoms in total. The first-order chi connectivity index (χ1) is 18.5. The van der Waals surface area contributed by atoms with Gasteiger partial charge in [0.05, 0.1) is 11.4 Å². The second-order valence-electron chi connectivity index (χ2n) is 10.1. The highest BCUT2D eigenvalue weighted by atomic mass is 16.3. The summed E-state index contributed by atoms with van der Waals surface area (Å²) >= 11 is 0. The summed E-state index contributed by atoms with van der Waals surface area (Å²) < 4.78 is 0. The Morgan fingerprint density at radius 3 is 0.895 bits per heavy atom. The first kappa shape index (κ1) is 25.6. The van der Waals surface area contributed by atoms with Gasteiger partial charge < -0.3 is 10.2 Å². The fourth-order valence-electron chi connectivity index (χ4n) is 5.17. The smallest absolute Gasteiger partial charge is 0.114 e. The summed E-state index contributed by atoms with van der Waals surface area (Å²) in [5.74, 6) is 0. The molecule has 0 saturated carbocycles. The average molecular weight is 500 g/mol. The molecule has 0 bridgehead atoms. The standard InChI is InChI=1S/C35H33NO2/c37-34(24-28-14-5-1-6-15-28,25-29-16-7-2-8-17-29)32-22-13-23-33(36-32)35(38,26-30-18-9-3-10-19-30)27-31-20-11-4-12-21-31/h1-23,37-38H,24-27H2. The van der Waals surface area contributed by atoms with Crippen LogP contribution in [0.1, 0.15) is 33.6 Å². The Kier molecular flexibility index (Phi) is 7.78. The zero-order valence-corrected chi connectivity index (χ0v) is 21.4. The van der Waals surface area contributed by atoms with E-state index in [1.54, 1.807) is 0 Å². The van der Waals surface area contributed by atoms with Crippen molar-refractivity contribution < 1.29 is 10.2 Å². The van der Waals surface area contributed by atoms with Gasteiger partial charge in [-0.2, -0.15) is 0 Å². The average Bonchev–Trinajstić information content (AvgIpc) is 2.95. The molecular formula is C35H33NO2. The lowest BCUT2D eigenvalue weighted by molar-refractivity contribution is 0.0218. The van der Waals surface area contributed by atoms with Crippen LogP contribution in [0, 0.1) is 0 Å². The minimum absolute atomic E-state index is 0.412. The highest BCUT2D eigenvalue weighted by Crippen LogP contribution is 2.33. The fraction of sp³-hybridized carbons (Fsp3) is 0.171. The maximum atomic E-state index is 12.2. The molecule has 5 aromatic rings. The van der Waals surface area contributed by atoms with Crippen molar-refractivity contribution in [1.82, 2.24) is 4.98 Å². The second-order valence-corrected chi connectivity index (χ2v) is 10.1. The molecule has 2 N–H and O–H groups in total. The molecule has 1 aromatic heterocycles. The predicted octanol–water partition coefficient (Wildman–Crippen LogP) is 6.43. The van der Waals surface area contributed by atoms with E-state index < -0.39 is 11.2 Å². The van der Waals surface area contributed by atoms with Crippen LogP contribution >= 0.6 is 0 Å². The molecule has 0 radical (unpaired) electrons. The van der Waals surface area contributed by atoms with Crippen molar-refractivity contribution in [3.8, 4) is 0 Å². The lowest BCUT2D eigenvalue weighted by Crippen LogP contribution is -2.36. The molecule has 3 heteroatoms. The van der Waals surface area contributed by atoms with E-state index in [9.17, 15) is 10.2 Å². The monoisotopic (exact) mass is 499 g/mol. The second kappa shape index (κ2) is 11.6. The Hall–Kier alpha value is -4.05. The minimum atomic E-state index is -1.25. The molecule has 0 unspecified atom stereocenters. The van der Waals surface area contributed by atoms with Crippen molar-refractivity contribution in [2.45, 2.75) is 36.9 Å². The van der Waals surface area contributed by atoms with Gasteiger partial charge in [0, 0.05) is 25.7 Å². The number of nitrogens with zero attached hydrogens (tertiary/aromatic N) is 1. The van der Waals surface area contributed by atoms with Crippen molar-refractivity contribution in [2.24, 2.45) is 0 Å². The van der Waals surface area contributed by atoms with Gasteiger partial charge in [0.2, 0.25) is 0 Å². The van der Waals surface area contributed by atoms with E-state index in [4.69, 9.17) is 4.98 Å². The number of benzene rings is 4. The van der Waals surface area contributed by atoms with Crippen LogP contribution in [0.25, 0.3) is 0 Å². The summed E-state index contributed by atoms with van der Waals surface area (Å²) in [5, 5.41) is 24.4. The van der Waals surface area contributed by atoms with E-state index in [1.807, 2.05) is 140 Å². The van der Waals surface area contributed by atoms with Crippen LogP contribution in [-0.4, -0.2) is 15.2 Å². The van der Waals surface area contributed by atoms with E-state index in [0.29, 0.717) is 37.1 Å². The molecule has 0 aliphatic heterocycles. The number of rotatable bonds is 10. The maximum absolute atomic E-state index is 12.2. The van der Waals surface area contributed by atoms with Crippen LogP contribution in [0.15, 0.2) is 140 Å². The van der Waals surface area contributed by atoms with Gasteiger partial charge in [-0.3, -0.25) is 4.98 Å². The number of hydrogen-bond acceptors (Lipinski definition) is 3. The maximum Gasteiger partial charge on any atom is 0.114 e. The SMILES string of the molecule is OC(Cc1ccccc1)(Cc1ccccc1)c1cccc(C(O)(Cc2ccccc2)Cc2ccccc2)n1. The Balaban J connectivity index is 1.56. The molecule has 190 valence electrons. The molecule has 5 rings (SSSR count). The van der Waals surface area contributed by atoms with Crippen LogP contribution in [0.2, 0.25) is 0 Å². The molecule has 1 heterocycles. The fourth-order valence-corrected chi connectivity index (χ4v) is 5.17. The summed E-state index contributed by atoms with van der Waals surface area (Å²) in [7, 11) is 0. The molecule has 0 aliphatic rings. The largest absolute Gasteiger partial charge is 0.383 e. The molecule has 0 amide bonds. The van der Waals surface area contributed by atoms with E-state index >= 15 is 0 Å². The predicted molar refractivity (Wildman–Crippen MR) is 153 cm³/mol. The number of aliphatic hydroxyl groups is 2. The van der Waals surface area contributed by atoms with Gasteiger partial charge in [-0.05, 0) is 34.4 Å². The highest BCUT2D eigenvalue weighted by Gasteiger charge is 2.36. The van der Waals surface area contributed by atoms with Crippen LogP contribution < -0.4 is 0 Å². The van der Waals surface area contributed by atoms with Crippen molar-refractivity contribution in [3.63, 3.8) is 0 Å². The van der Waals surface area contributed by atoms with Gasteiger partial charge in [-0.15, -0.1) is 0 Å². The van der Waals surface area contributed by atoms with Gasteiger partial charge >= 0.3 is 0 Å².